The van der Waals surface area contributed by atoms with E-state index in [1.54, 1.807) is 48.2 Å². The van der Waals surface area contributed by atoms with Crippen molar-refractivity contribution in [3.05, 3.63) is 71.7 Å². The van der Waals surface area contributed by atoms with Gasteiger partial charge in [-0.05, 0) is 50.1 Å². The van der Waals surface area contributed by atoms with Crippen molar-refractivity contribution in [3.63, 3.8) is 0 Å². The summed E-state index contributed by atoms with van der Waals surface area (Å²) in [7, 11) is 0. The maximum absolute atomic E-state index is 13.6. The summed E-state index contributed by atoms with van der Waals surface area (Å²) in [6, 6.07) is 9.51. The predicted molar refractivity (Wildman–Crippen MR) is 113 cm³/mol. The molecule has 0 bridgehead atoms. The van der Waals surface area contributed by atoms with E-state index >= 15 is 0 Å². The fourth-order valence-corrected chi connectivity index (χ4v) is 3.93. The lowest BCUT2D eigenvalue weighted by Gasteiger charge is -2.32. The molecule has 1 aliphatic heterocycles. The quantitative estimate of drug-likeness (QED) is 0.538. The Hall–Kier alpha value is -3.36. The molecule has 168 valence electrons. The Morgan fingerprint density at radius 2 is 1.91 bits per heavy atom. The van der Waals surface area contributed by atoms with Crippen molar-refractivity contribution in [2.24, 2.45) is 0 Å². The number of hydrogen-bond donors (Lipinski definition) is 0. The van der Waals surface area contributed by atoms with Crippen LogP contribution in [0.1, 0.15) is 46.2 Å². The number of fused-ring (bicyclic) bond motifs is 1. The van der Waals surface area contributed by atoms with Gasteiger partial charge in [0.05, 0.1) is 5.69 Å². The highest BCUT2D eigenvalue weighted by molar-refractivity contribution is 5.94. The molecule has 0 spiro atoms. The minimum absolute atomic E-state index is 0.107. The van der Waals surface area contributed by atoms with Gasteiger partial charge in [-0.1, -0.05) is 12.7 Å². The summed E-state index contributed by atoms with van der Waals surface area (Å²) in [4.78, 5) is 19.0. The predicted octanol–water partition coefficient (Wildman–Crippen LogP) is 4.64. The summed E-state index contributed by atoms with van der Waals surface area (Å²) in [5.41, 5.74) is 0.762. The molecule has 0 saturated carbocycles. The van der Waals surface area contributed by atoms with Gasteiger partial charge in [0.1, 0.15) is 18.1 Å². The summed E-state index contributed by atoms with van der Waals surface area (Å²) in [5, 5.41) is 3.92. The molecule has 9 heteroatoms. The Balaban J connectivity index is 1.47. The molecule has 0 atom stereocenters. The summed E-state index contributed by atoms with van der Waals surface area (Å²) in [6.07, 6.45) is -1.81. The van der Waals surface area contributed by atoms with Gasteiger partial charge in [-0.2, -0.15) is 18.3 Å². The van der Waals surface area contributed by atoms with E-state index in [1.807, 2.05) is 0 Å². The molecule has 1 amide bonds. The molecule has 0 radical (unpaired) electrons. The number of likely N-dealkylation sites (tertiary alicyclic amines) is 1. The third-order valence-corrected chi connectivity index (χ3v) is 5.53. The van der Waals surface area contributed by atoms with Crippen molar-refractivity contribution < 1.29 is 22.7 Å². The van der Waals surface area contributed by atoms with Gasteiger partial charge in [0.2, 0.25) is 0 Å². The lowest BCUT2D eigenvalue weighted by Crippen LogP contribution is -2.38. The number of piperidine rings is 1. The van der Waals surface area contributed by atoms with Crippen molar-refractivity contribution >= 4 is 11.6 Å². The first-order chi connectivity index (χ1) is 15.3. The average Bonchev–Trinajstić information content (AvgIpc) is 3.16. The Kier molecular flexibility index (Phi) is 5.90. The second kappa shape index (κ2) is 8.64. The van der Waals surface area contributed by atoms with E-state index in [1.165, 1.54) is 0 Å². The highest BCUT2D eigenvalue weighted by Gasteiger charge is 2.36. The third-order valence-electron chi connectivity index (χ3n) is 5.53. The molecular formula is C23H23F3N4O2. The number of alkyl halides is 3. The molecule has 0 unspecified atom stereocenters. The third kappa shape index (κ3) is 4.46. The number of carbonyl (C=O) groups is 1. The number of aryl methyl sites for hydroxylation is 1. The molecule has 1 aromatic carbocycles. The molecule has 0 N–H and O–H groups in total. The smallest absolute Gasteiger partial charge is 0.433 e. The molecule has 1 saturated heterocycles. The van der Waals surface area contributed by atoms with Crippen LogP contribution < -0.4 is 4.74 Å². The van der Waals surface area contributed by atoms with Crippen molar-refractivity contribution in [1.82, 2.24) is 19.5 Å². The number of halogens is 3. The van der Waals surface area contributed by atoms with E-state index in [9.17, 15) is 18.0 Å². The van der Waals surface area contributed by atoms with E-state index in [0.29, 0.717) is 55.2 Å². The highest BCUT2D eigenvalue weighted by Crippen LogP contribution is 2.34. The van der Waals surface area contributed by atoms with Gasteiger partial charge in [0.15, 0.2) is 5.65 Å². The maximum atomic E-state index is 13.6. The molecule has 6 nitrogen and oxygen atoms in total. The van der Waals surface area contributed by atoms with Crippen LogP contribution in [-0.4, -0.2) is 45.1 Å². The van der Waals surface area contributed by atoms with E-state index < -0.39 is 11.9 Å². The van der Waals surface area contributed by atoms with Crippen LogP contribution in [0.3, 0.4) is 0 Å². The molecule has 32 heavy (non-hydrogen) atoms. The zero-order valence-corrected chi connectivity index (χ0v) is 17.6. The molecule has 3 aromatic rings. The Labute approximate surface area is 183 Å². The Morgan fingerprint density at radius 1 is 1.22 bits per heavy atom. The van der Waals surface area contributed by atoms with Crippen LogP contribution in [0.2, 0.25) is 0 Å². The molecule has 3 heterocycles. The van der Waals surface area contributed by atoms with E-state index in [0.717, 1.165) is 10.6 Å². The number of aromatic nitrogens is 3. The fraction of sp³-hybridized carbons (Fsp3) is 0.348. The average molecular weight is 444 g/mol. The minimum Gasteiger partial charge on any atom is -0.490 e. The number of hydrogen-bond acceptors (Lipinski definition) is 4. The summed E-state index contributed by atoms with van der Waals surface area (Å²) in [5.74, 6) is 0.386. The fourth-order valence-electron chi connectivity index (χ4n) is 3.93. The van der Waals surface area contributed by atoms with E-state index in [4.69, 9.17) is 4.74 Å². The van der Waals surface area contributed by atoms with E-state index in [-0.39, 0.29) is 17.5 Å². The Morgan fingerprint density at radius 3 is 2.53 bits per heavy atom. The van der Waals surface area contributed by atoms with Crippen LogP contribution in [0.25, 0.3) is 5.65 Å². The number of nitrogens with zero attached hydrogens (tertiary/aromatic N) is 4. The number of carbonyl (C=O) groups excluding carboxylic acids is 1. The SMILES string of the molecule is C=CCOc1ccc(C(=O)N2CCC(c3cc(C(F)(F)F)n4nc(C)cc4n3)CC2)cc1. The minimum atomic E-state index is -4.54. The van der Waals surface area contributed by atoms with Crippen LogP contribution in [0.15, 0.2) is 49.1 Å². The first kappa shape index (κ1) is 21.9. The second-order valence-electron chi connectivity index (χ2n) is 7.81. The summed E-state index contributed by atoms with van der Waals surface area (Å²) >= 11 is 0. The van der Waals surface area contributed by atoms with Gasteiger partial charge >= 0.3 is 6.18 Å². The summed E-state index contributed by atoms with van der Waals surface area (Å²) < 4.78 is 47.0. The lowest BCUT2D eigenvalue weighted by atomic mass is 9.92. The Bertz CT molecular complexity index is 1130. The zero-order chi connectivity index (χ0) is 22.9. The number of ether oxygens (including phenoxy) is 1. The normalized spacial score (nSPS) is 15.2. The molecule has 1 fully saturated rings. The van der Waals surface area contributed by atoms with Crippen molar-refractivity contribution in [2.75, 3.05) is 19.7 Å². The van der Waals surface area contributed by atoms with Crippen molar-refractivity contribution in [3.8, 4) is 5.75 Å². The van der Waals surface area contributed by atoms with Crippen LogP contribution in [0.4, 0.5) is 13.2 Å². The van der Waals surface area contributed by atoms with Crippen LogP contribution in [0.5, 0.6) is 5.75 Å². The van der Waals surface area contributed by atoms with Gasteiger partial charge in [-0.15, -0.1) is 0 Å². The number of amides is 1. The molecular weight excluding hydrogens is 421 g/mol. The highest BCUT2D eigenvalue weighted by atomic mass is 19.4. The molecule has 1 aliphatic rings. The lowest BCUT2D eigenvalue weighted by molar-refractivity contribution is -0.142. The van der Waals surface area contributed by atoms with E-state index in [2.05, 4.69) is 16.7 Å². The van der Waals surface area contributed by atoms with Gasteiger partial charge in [-0.25, -0.2) is 9.50 Å². The standard InChI is InChI=1S/C23H23F3N4O2/c1-3-12-32-18-6-4-17(5-7-18)22(31)29-10-8-16(9-11-29)19-14-20(23(24,25)26)30-21(27-19)13-15(2)28-30/h3-7,13-14,16H,1,8-12H2,2H3. The van der Waals surface area contributed by atoms with Gasteiger partial charge < -0.3 is 9.64 Å². The van der Waals surface area contributed by atoms with Gasteiger partial charge in [-0.3, -0.25) is 4.79 Å². The maximum Gasteiger partial charge on any atom is 0.433 e. The second-order valence-corrected chi connectivity index (χ2v) is 7.81. The number of rotatable bonds is 5. The molecule has 2 aromatic heterocycles. The first-order valence-corrected chi connectivity index (χ1v) is 10.3. The summed E-state index contributed by atoms with van der Waals surface area (Å²) in [6.45, 7) is 6.51. The monoisotopic (exact) mass is 444 g/mol. The van der Waals surface area contributed by atoms with Crippen LogP contribution >= 0.6 is 0 Å². The van der Waals surface area contributed by atoms with Gasteiger partial charge in [0, 0.05) is 36.3 Å². The van der Waals surface area contributed by atoms with Crippen LogP contribution in [0, 0.1) is 6.92 Å². The van der Waals surface area contributed by atoms with Crippen molar-refractivity contribution in [1.29, 1.82) is 0 Å². The number of benzene rings is 1. The largest absolute Gasteiger partial charge is 0.490 e. The molecule has 0 aliphatic carbocycles. The molecule has 4 rings (SSSR count). The van der Waals surface area contributed by atoms with Crippen LogP contribution in [-0.2, 0) is 6.18 Å². The van der Waals surface area contributed by atoms with Gasteiger partial charge in [0.25, 0.3) is 5.91 Å². The first-order valence-electron chi connectivity index (χ1n) is 10.3. The zero-order valence-electron chi connectivity index (χ0n) is 17.6. The topological polar surface area (TPSA) is 59.7 Å². The van der Waals surface area contributed by atoms with Crippen molar-refractivity contribution in [2.45, 2.75) is 31.9 Å².